The molecule has 0 bridgehead atoms. The van der Waals surface area contributed by atoms with Crippen LogP contribution in [0.2, 0.25) is 0 Å². The highest BCUT2D eigenvalue weighted by atomic mass is 16.4. The molecule has 10 heavy (non-hydrogen) atoms. The molecule has 0 saturated carbocycles. The van der Waals surface area contributed by atoms with Crippen molar-refractivity contribution in [2.24, 2.45) is 11.3 Å². The summed E-state index contributed by atoms with van der Waals surface area (Å²) in [6.07, 6.45) is 0. The van der Waals surface area contributed by atoms with Gasteiger partial charge >= 0.3 is 5.97 Å². The van der Waals surface area contributed by atoms with Gasteiger partial charge < -0.3 is 10.2 Å². The zero-order valence-electron chi connectivity index (χ0n) is 6.59. The Labute approximate surface area is 60.7 Å². The first-order chi connectivity index (χ1) is 4.39. The zero-order valence-corrected chi connectivity index (χ0v) is 6.59. The molecule has 0 radical (unpaired) electrons. The number of rotatable bonds is 2. The van der Waals surface area contributed by atoms with Gasteiger partial charge in [0.2, 0.25) is 0 Å². The van der Waals surface area contributed by atoms with E-state index in [4.69, 9.17) is 10.2 Å². The van der Waals surface area contributed by atoms with Crippen LogP contribution in [0.3, 0.4) is 0 Å². The molecule has 0 aromatic carbocycles. The fourth-order valence-electron chi connectivity index (χ4n) is 0.722. The molecule has 1 unspecified atom stereocenters. The minimum absolute atomic E-state index is 0.293. The standard InChI is InChI=1S/C7H14O3/c1-7(2,3)5(4-8)6(9)10/h5,8H,4H2,1-3H3,(H,9,10). The van der Waals surface area contributed by atoms with Gasteiger partial charge in [-0.3, -0.25) is 4.79 Å². The van der Waals surface area contributed by atoms with Crippen LogP contribution in [0.25, 0.3) is 0 Å². The van der Waals surface area contributed by atoms with Crippen molar-refractivity contribution in [1.82, 2.24) is 0 Å². The van der Waals surface area contributed by atoms with Gasteiger partial charge in [-0.05, 0) is 5.41 Å². The predicted octanol–water partition coefficient (Wildman–Crippen LogP) is 0.726. The van der Waals surface area contributed by atoms with Crippen LogP contribution in [-0.2, 0) is 4.79 Å². The number of hydrogen-bond donors (Lipinski definition) is 2. The lowest BCUT2D eigenvalue weighted by atomic mass is 9.81. The van der Waals surface area contributed by atoms with E-state index in [0.717, 1.165) is 0 Å². The van der Waals surface area contributed by atoms with E-state index in [-0.39, 0.29) is 12.0 Å². The number of carbonyl (C=O) groups is 1. The summed E-state index contributed by atoms with van der Waals surface area (Å²) in [5, 5.41) is 17.2. The number of carboxylic acids is 1. The van der Waals surface area contributed by atoms with Crippen molar-refractivity contribution in [3.8, 4) is 0 Å². The molecule has 2 N–H and O–H groups in total. The molecule has 1 atom stereocenters. The Kier molecular flexibility index (Phi) is 2.84. The van der Waals surface area contributed by atoms with E-state index >= 15 is 0 Å². The lowest BCUT2D eigenvalue weighted by Crippen LogP contribution is -2.31. The lowest BCUT2D eigenvalue weighted by molar-refractivity contribution is -0.147. The molecule has 0 rings (SSSR count). The third-order valence-corrected chi connectivity index (χ3v) is 1.53. The maximum atomic E-state index is 10.4. The molecular weight excluding hydrogens is 132 g/mol. The van der Waals surface area contributed by atoms with Gasteiger partial charge in [-0.2, -0.15) is 0 Å². The maximum Gasteiger partial charge on any atom is 0.309 e. The van der Waals surface area contributed by atoms with Gasteiger partial charge in [0.05, 0.1) is 12.5 Å². The summed E-state index contributed by atoms with van der Waals surface area (Å²) in [6.45, 7) is 5.09. The van der Waals surface area contributed by atoms with Crippen molar-refractivity contribution in [3.63, 3.8) is 0 Å². The fraction of sp³-hybridized carbons (Fsp3) is 0.857. The quantitative estimate of drug-likeness (QED) is 0.603. The van der Waals surface area contributed by atoms with Crippen molar-refractivity contribution < 1.29 is 15.0 Å². The molecule has 3 nitrogen and oxygen atoms in total. The molecule has 0 aromatic rings. The van der Waals surface area contributed by atoms with Gasteiger partial charge in [0, 0.05) is 0 Å². The smallest absolute Gasteiger partial charge is 0.309 e. The molecule has 0 aliphatic carbocycles. The van der Waals surface area contributed by atoms with Gasteiger partial charge in [-0.1, -0.05) is 20.8 Å². The second-order valence-electron chi connectivity index (χ2n) is 3.44. The number of hydrogen-bond acceptors (Lipinski definition) is 2. The highest BCUT2D eigenvalue weighted by Gasteiger charge is 2.29. The van der Waals surface area contributed by atoms with E-state index in [9.17, 15) is 4.79 Å². The minimum Gasteiger partial charge on any atom is -0.481 e. The van der Waals surface area contributed by atoms with Crippen molar-refractivity contribution in [3.05, 3.63) is 0 Å². The summed E-state index contributed by atoms with van der Waals surface area (Å²) in [6, 6.07) is 0. The zero-order chi connectivity index (χ0) is 8.36. The highest BCUT2D eigenvalue weighted by Crippen LogP contribution is 2.25. The second-order valence-corrected chi connectivity index (χ2v) is 3.44. The first-order valence-corrected chi connectivity index (χ1v) is 3.23. The average Bonchev–Trinajstić information content (AvgIpc) is 1.60. The summed E-state index contributed by atoms with van der Waals surface area (Å²) < 4.78 is 0. The largest absolute Gasteiger partial charge is 0.481 e. The van der Waals surface area contributed by atoms with Crippen molar-refractivity contribution in [2.75, 3.05) is 6.61 Å². The van der Waals surface area contributed by atoms with Gasteiger partial charge in [-0.25, -0.2) is 0 Å². The van der Waals surface area contributed by atoms with E-state index in [2.05, 4.69) is 0 Å². The van der Waals surface area contributed by atoms with Crippen LogP contribution in [0.15, 0.2) is 0 Å². The fourth-order valence-corrected chi connectivity index (χ4v) is 0.722. The van der Waals surface area contributed by atoms with E-state index in [0.29, 0.717) is 0 Å². The summed E-state index contributed by atoms with van der Waals surface area (Å²) in [7, 11) is 0. The van der Waals surface area contributed by atoms with Crippen LogP contribution in [-0.4, -0.2) is 22.8 Å². The normalized spacial score (nSPS) is 14.8. The second kappa shape index (κ2) is 3.01. The third kappa shape index (κ3) is 2.35. The minimum atomic E-state index is -0.935. The van der Waals surface area contributed by atoms with Crippen LogP contribution in [0.5, 0.6) is 0 Å². The van der Waals surface area contributed by atoms with Crippen LogP contribution < -0.4 is 0 Å². The Bertz CT molecular complexity index is 123. The van der Waals surface area contributed by atoms with Gasteiger partial charge in [0.25, 0.3) is 0 Å². The molecule has 0 saturated heterocycles. The SMILES string of the molecule is CC(C)(C)C(CO)C(=O)O. The molecule has 3 heteroatoms. The van der Waals surface area contributed by atoms with Crippen LogP contribution in [0.1, 0.15) is 20.8 Å². The van der Waals surface area contributed by atoms with Gasteiger partial charge in [0.1, 0.15) is 0 Å². The number of aliphatic carboxylic acids is 1. The summed E-state index contributed by atoms with van der Waals surface area (Å²) >= 11 is 0. The predicted molar refractivity (Wildman–Crippen MR) is 37.7 cm³/mol. The Morgan fingerprint density at radius 3 is 1.90 bits per heavy atom. The van der Waals surface area contributed by atoms with Gasteiger partial charge in [-0.15, -0.1) is 0 Å². The molecule has 0 amide bonds. The van der Waals surface area contributed by atoms with Crippen LogP contribution >= 0.6 is 0 Å². The lowest BCUT2D eigenvalue weighted by Gasteiger charge is -2.24. The van der Waals surface area contributed by atoms with Crippen molar-refractivity contribution in [1.29, 1.82) is 0 Å². The number of aliphatic hydroxyl groups is 1. The molecule has 0 fully saturated rings. The molecule has 0 aromatic heterocycles. The third-order valence-electron chi connectivity index (χ3n) is 1.53. The Balaban J connectivity index is 4.22. The summed E-state index contributed by atoms with van der Waals surface area (Å²) in [4.78, 5) is 10.4. The molecular formula is C7H14O3. The number of aliphatic hydroxyl groups excluding tert-OH is 1. The summed E-state index contributed by atoms with van der Waals surface area (Å²) in [5.41, 5.74) is -0.361. The van der Waals surface area contributed by atoms with Crippen LogP contribution in [0.4, 0.5) is 0 Å². The van der Waals surface area contributed by atoms with Crippen LogP contribution in [0, 0.1) is 11.3 Å². The molecule has 0 spiro atoms. The first kappa shape index (κ1) is 9.43. The Morgan fingerprint density at radius 1 is 1.50 bits per heavy atom. The first-order valence-electron chi connectivity index (χ1n) is 3.23. The van der Waals surface area contributed by atoms with Crippen molar-refractivity contribution >= 4 is 5.97 Å². The van der Waals surface area contributed by atoms with E-state index < -0.39 is 11.9 Å². The molecule has 0 aliphatic heterocycles. The van der Waals surface area contributed by atoms with Crippen molar-refractivity contribution in [2.45, 2.75) is 20.8 Å². The van der Waals surface area contributed by atoms with Gasteiger partial charge in [0.15, 0.2) is 0 Å². The Hall–Kier alpha value is -0.570. The number of carboxylic acid groups (broad SMARTS) is 1. The molecule has 0 aliphatic rings. The van der Waals surface area contributed by atoms with E-state index in [1.54, 1.807) is 20.8 Å². The van der Waals surface area contributed by atoms with E-state index in [1.807, 2.05) is 0 Å². The average molecular weight is 146 g/mol. The maximum absolute atomic E-state index is 10.4. The Morgan fingerprint density at radius 2 is 1.90 bits per heavy atom. The molecule has 0 heterocycles. The topological polar surface area (TPSA) is 57.5 Å². The molecule has 60 valence electrons. The highest BCUT2D eigenvalue weighted by molar-refractivity contribution is 5.70. The summed E-state index contributed by atoms with van der Waals surface area (Å²) in [5.74, 6) is -1.59. The van der Waals surface area contributed by atoms with E-state index in [1.165, 1.54) is 0 Å². The monoisotopic (exact) mass is 146 g/mol.